The third kappa shape index (κ3) is 22.3. The first-order valence-electron chi connectivity index (χ1n) is 14.5. The van der Waals surface area contributed by atoms with Gasteiger partial charge in [-0.1, -0.05) is 97.8 Å². The zero-order valence-corrected chi connectivity index (χ0v) is 25.1. The Morgan fingerprint density at radius 1 is 0.438 bits per heavy atom. The third-order valence-electron chi connectivity index (χ3n) is 7.16. The number of unbranched alkanes of at least 4 members (excludes halogenated alkanes) is 17. The van der Waals surface area contributed by atoms with Crippen molar-refractivity contribution in [1.82, 2.24) is 0 Å². The van der Waals surface area contributed by atoms with Crippen LogP contribution in [0.4, 0.5) is 0 Å². The highest BCUT2D eigenvalue weighted by atomic mass is 79.9. The van der Waals surface area contributed by atoms with Gasteiger partial charge in [-0.3, -0.25) is 0 Å². The molecule has 0 unspecified atom stereocenters. The minimum atomic E-state index is -0.772. The molecule has 0 amide bonds. The van der Waals surface area contributed by atoms with E-state index in [4.69, 9.17) is 6.42 Å². The van der Waals surface area contributed by atoms with E-state index >= 15 is 0 Å². The molecule has 0 saturated heterocycles. The topological polar surface area (TPSA) is 0 Å². The zero-order chi connectivity index (χ0) is 22.9. The van der Waals surface area contributed by atoms with Crippen molar-refractivity contribution in [3.05, 3.63) is 0 Å². The highest BCUT2D eigenvalue weighted by Gasteiger charge is 2.34. The first-order valence-corrected chi connectivity index (χ1v) is 17.1. The second-order valence-electron chi connectivity index (χ2n) is 10.2. The summed E-state index contributed by atoms with van der Waals surface area (Å²) in [7, 11) is -0.772. The Balaban J connectivity index is 0. The van der Waals surface area contributed by atoms with Gasteiger partial charge in [-0.2, -0.15) is 0 Å². The van der Waals surface area contributed by atoms with Gasteiger partial charge in [0.25, 0.3) is 0 Å². The lowest BCUT2D eigenvalue weighted by atomic mass is 10.1. The summed E-state index contributed by atoms with van der Waals surface area (Å²) >= 11 is 0. The third-order valence-corrected chi connectivity index (χ3v) is 12.2. The summed E-state index contributed by atoms with van der Waals surface area (Å²) in [6.07, 6.45) is 41.7. The molecule has 0 bridgehead atoms. The Kier molecular flexibility index (Phi) is 30.0. The van der Waals surface area contributed by atoms with Gasteiger partial charge in [0, 0.05) is 13.7 Å². The quantitative estimate of drug-likeness (QED) is 0.0638. The molecule has 0 heterocycles. The van der Waals surface area contributed by atoms with Crippen molar-refractivity contribution < 1.29 is 17.0 Å². The Labute approximate surface area is 216 Å². The van der Waals surface area contributed by atoms with Gasteiger partial charge in [0.15, 0.2) is 0 Å². The fraction of sp³-hybridized carbons (Fsp3) is 0.933. The van der Waals surface area contributed by atoms with Crippen molar-refractivity contribution in [1.29, 1.82) is 0 Å². The molecule has 0 radical (unpaired) electrons. The summed E-state index contributed by atoms with van der Waals surface area (Å²) in [5.41, 5.74) is 0. The average Bonchev–Trinajstić information content (AvgIpc) is 2.78. The molecule has 0 aliphatic heterocycles. The standard InChI is InChI=1S/C30H60P.BrH/c1-5-9-13-17-20-24-28-31(27-23-16-12-8-4,29-25-21-18-14-10-6-2)30-26-22-19-15-11-7-3;/h4H,5-7,9-30H2,1-3H3;1H/q+1;/p-1. The van der Waals surface area contributed by atoms with E-state index in [-0.39, 0.29) is 17.0 Å². The van der Waals surface area contributed by atoms with Crippen molar-refractivity contribution >= 4 is 7.26 Å². The summed E-state index contributed by atoms with van der Waals surface area (Å²) in [6.45, 7) is 6.98. The molecule has 32 heavy (non-hydrogen) atoms. The van der Waals surface area contributed by atoms with Crippen LogP contribution >= 0.6 is 7.26 Å². The summed E-state index contributed by atoms with van der Waals surface area (Å²) in [4.78, 5) is 0. The van der Waals surface area contributed by atoms with Gasteiger partial charge in [0.1, 0.15) is 0 Å². The normalized spacial score (nSPS) is 11.3. The summed E-state index contributed by atoms with van der Waals surface area (Å²) in [5.74, 6) is 2.88. The second kappa shape index (κ2) is 27.7. The molecule has 0 aromatic carbocycles. The molecule has 0 aliphatic rings. The minimum absolute atomic E-state index is 0. The van der Waals surface area contributed by atoms with Gasteiger partial charge in [-0.15, -0.1) is 12.3 Å². The van der Waals surface area contributed by atoms with Crippen molar-refractivity contribution in [2.75, 3.05) is 24.6 Å². The van der Waals surface area contributed by atoms with Crippen molar-refractivity contribution in [3.8, 4) is 12.3 Å². The minimum Gasteiger partial charge on any atom is -1.00 e. The summed E-state index contributed by atoms with van der Waals surface area (Å²) < 4.78 is 0. The van der Waals surface area contributed by atoms with Crippen LogP contribution in [0.1, 0.15) is 156 Å². The lowest BCUT2D eigenvalue weighted by Gasteiger charge is -2.28. The molecule has 0 spiro atoms. The van der Waals surface area contributed by atoms with Gasteiger partial charge >= 0.3 is 0 Å². The fourth-order valence-electron chi connectivity index (χ4n) is 5.03. The Hall–Kier alpha value is 0.470. The highest BCUT2D eigenvalue weighted by molar-refractivity contribution is 7.75. The van der Waals surface area contributed by atoms with Crippen molar-refractivity contribution in [3.63, 3.8) is 0 Å². The molecule has 0 saturated carbocycles. The van der Waals surface area contributed by atoms with Crippen LogP contribution in [-0.2, 0) is 0 Å². The van der Waals surface area contributed by atoms with Crippen LogP contribution in [0.25, 0.3) is 0 Å². The molecule has 0 N–H and O–H groups in total. The molecule has 0 rings (SSSR count). The van der Waals surface area contributed by atoms with E-state index in [1.165, 1.54) is 128 Å². The van der Waals surface area contributed by atoms with Crippen LogP contribution in [0, 0.1) is 12.3 Å². The predicted molar refractivity (Wildman–Crippen MR) is 149 cm³/mol. The molecule has 0 atom stereocenters. The summed E-state index contributed by atoms with van der Waals surface area (Å²) in [5, 5.41) is 0. The van der Waals surface area contributed by atoms with Crippen LogP contribution in [-0.4, -0.2) is 24.6 Å². The predicted octanol–water partition coefficient (Wildman–Crippen LogP) is 7.89. The van der Waals surface area contributed by atoms with Crippen molar-refractivity contribution in [2.45, 2.75) is 156 Å². The maximum Gasteiger partial charge on any atom is 0.0594 e. The Morgan fingerprint density at radius 3 is 1.03 bits per heavy atom. The van der Waals surface area contributed by atoms with Crippen LogP contribution in [0.15, 0.2) is 0 Å². The number of hydrogen-bond donors (Lipinski definition) is 0. The second-order valence-corrected chi connectivity index (χ2v) is 14.7. The van der Waals surface area contributed by atoms with Crippen LogP contribution in [0.3, 0.4) is 0 Å². The van der Waals surface area contributed by atoms with E-state index in [1.807, 2.05) is 0 Å². The zero-order valence-electron chi connectivity index (χ0n) is 22.6. The maximum absolute atomic E-state index is 5.55. The molecule has 0 aliphatic carbocycles. The van der Waals surface area contributed by atoms with E-state index in [1.54, 1.807) is 24.6 Å². The highest BCUT2D eigenvalue weighted by Crippen LogP contribution is 2.61. The van der Waals surface area contributed by atoms with Gasteiger partial charge in [-0.05, 0) is 51.4 Å². The molecular formula is C30H60BrP. The Morgan fingerprint density at radius 2 is 0.719 bits per heavy atom. The van der Waals surface area contributed by atoms with Gasteiger partial charge in [0.2, 0.25) is 0 Å². The monoisotopic (exact) mass is 530 g/mol. The molecule has 0 fully saturated rings. The molecule has 192 valence electrons. The van der Waals surface area contributed by atoms with E-state index in [0.29, 0.717) is 0 Å². The lowest BCUT2D eigenvalue weighted by Crippen LogP contribution is -3.00. The molecule has 0 aromatic heterocycles. The van der Waals surface area contributed by atoms with Gasteiger partial charge in [0.05, 0.1) is 24.6 Å². The number of rotatable bonds is 25. The number of terminal acetylenes is 1. The number of hydrogen-bond acceptors (Lipinski definition) is 0. The largest absolute Gasteiger partial charge is 1.00 e. The molecule has 2 heteroatoms. The number of halogens is 1. The SMILES string of the molecule is C#CCCCC[P+](CCCCCCCC)(CCCCCCCC)CCCCCCCC.[Br-]. The van der Waals surface area contributed by atoms with E-state index in [9.17, 15) is 0 Å². The molecule has 0 nitrogen and oxygen atoms in total. The summed E-state index contributed by atoms with van der Waals surface area (Å²) in [6, 6.07) is 0. The van der Waals surface area contributed by atoms with Crippen LogP contribution in [0.2, 0.25) is 0 Å². The smallest absolute Gasteiger partial charge is 0.0594 e. The van der Waals surface area contributed by atoms with E-state index in [0.717, 1.165) is 6.42 Å². The van der Waals surface area contributed by atoms with Gasteiger partial charge < -0.3 is 17.0 Å². The van der Waals surface area contributed by atoms with Crippen molar-refractivity contribution in [2.24, 2.45) is 0 Å². The first kappa shape index (κ1) is 34.6. The van der Waals surface area contributed by atoms with E-state index < -0.39 is 7.26 Å². The first-order chi connectivity index (χ1) is 15.2. The molecular weight excluding hydrogens is 471 g/mol. The van der Waals surface area contributed by atoms with Crippen LogP contribution < -0.4 is 17.0 Å². The average molecular weight is 532 g/mol. The van der Waals surface area contributed by atoms with E-state index in [2.05, 4.69) is 26.7 Å². The fourth-order valence-corrected chi connectivity index (χ4v) is 9.95. The lowest BCUT2D eigenvalue weighted by molar-refractivity contribution is -0.00000701. The molecule has 0 aromatic rings. The maximum atomic E-state index is 5.55. The Bertz CT molecular complexity index is 346. The van der Waals surface area contributed by atoms with Crippen LogP contribution in [0.5, 0.6) is 0 Å². The van der Waals surface area contributed by atoms with Gasteiger partial charge in [-0.25, -0.2) is 0 Å².